The molecule has 1 heteroatoms. The summed E-state index contributed by atoms with van der Waals surface area (Å²) in [6.07, 6.45) is 10.6. The lowest BCUT2D eigenvalue weighted by Crippen LogP contribution is -2.56. The molecule has 0 amide bonds. The second-order valence-electron chi connectivity index (χ2n) is 6.44. The minimum atomic E-state index is -0.144. The Hall–Kier alpha value is -1.00. The Morgan fingerprint density at radius 2 is 1.89 bits per heavy atom. The van der Waals surface area contributed by atoms with Crippen LogP contribution in [0.5, 0.6) is 0 Å². The molecule has 1 nitrogen and oxygen atoms in total. The van der Waals surface area contributed by atoms with E-state index in [1.807, 2.05) is 6.92 Å². The van der Waals surface area contributed by atoms with Crippen molar-refractivity contribution in [3.8, 4) is 12.3 Å². The maximum atomic E-state index is 5.62. The van der Waals surface area contributed by atoms with Gasteiger partial charge >= 0.3 is 0 Å². The Balaban J connectivity index is 5.74. The summed E-state index contributed by atoms with van der Waals surface area (Å²) in [6.45, 7) is 17.1. The predicted octanol–water partition coefficient (Wildman–Crippen LogP) is 4.27. The average molecular weight is 247 g/mol. The highest BCUT2D eigenvalue weighted by Gasteiger charge is 2.43. The van der Waals surface area contributed by atoms with Gasteiger partial charge < -0.3 is 0 Å². The molecule has 18 heavy (non-hydrogen) atoms. The number of hydrogen-bond acceptors (Lipinski definition) is 1. The van der Waals surface area contributed by atoms with E-state index in [0.717, 1.165) is 5.57 Å². The van der Waals surface area contributed by atoms with Crippen molar-refractivity contribution < 1.29 is 0 Å². The van der Waals surface area contributed by atoms with Crippen LogP contribution in [0, 0.1) is 17.8 Å². The summed E-state index contributed by atoms with van der Waals surface area (Å²) in [5.41, 5.74) is 0.969. The summed E-state index contributed by atoms with van der Waals surface area (Å²) in [5.74, 6) is 2.85. The van der Waals surface area contributed by atoms with Crippen LogP contribution < -0.4 is 0 Å². The van der Waals surface area contributed by atoms with E-state index in [0.29, 0.717) is 12.5 Å². The molecule has 0 saturated carbocycles. The van der Waals surface area contributed by atoms with Gasteiger partial charge in [0, 0.05) is 12.5 Å². The lowest BCUT2D eigenvalue weighted by molar-refractivity contribution is 0.0342. The standard InChI is InChI=1S/C17H29N/c1-10-12-17(16(6,7)8,13-11-14(2)3)18(9)15(4)5/h1,11,13,15H,2,12H2,3-9H3/b13-11-. The van der Waals surface area contributed by atoms with Gasteiger partial charge in [-0.2, -0.15) is 0 Å². The van der Waals surface area contributed by atoms with E-state index in [2.05, 4.69) is 71.2 Å². The molecule has 0 aliphatic rings. The zero-order valence-corrected chi connectivity index (χ0v) is 13.2. The van der Waals surface area contributed by atoms with Crippen molar-refractivity contribution >= 4 is 0 Å². The van der Waals surface area contributed by atoms with Gasteiger partial charge in [-0.15, -0.1) is 12.3 Å². The molecular formula is C17H29N. The first-order valence-electron chi connectivity index (χ1n) is 6.59. The monoisotopic (exact) mass is 247 g/mol. The van der Waals surface area contributed by atoms with E-state index in [1.54, 1.807) is 0 Å². The van der Waals surface area contributed by atoms with E-state index in [9.17, 15) is 0 Å². The molecule has 1 atom stereocenters. The lowest BCUT2D eigenvalue weighted by atomic mass is 9.69. The SMILES string of the molecule is C#CCC(/C=C\C(=C)C)(N(C)C(C)C)C(C)(C)C. The third kappa shape index (κ3) is 3.75. The molecule has 0 aromatic carbocycles. The molecule has 0 aromatic rings. The van der Waals surface area contributed by atoms with Crippen molar-refractivity contribution in [1.82, 2.24) is 4.90 Å². The van der Waals surface area contributed by atoms with Gasteiger partial charge in [-0.1, -0.05) is 45.1 Å². The van der Waals surface area contributed by atoms with Crippen LogP contribution in [0.2, 0.25) is 0 Å². The molecule has 0 bridgehead atoms. The molecule has 102 valence electrons. The summed E-state index contributed by atoms with van der Waals surface area (Å²) in [7, 11) is 2.15. The number of terminal acetylenes is 1. The van der Waals surface area contributed by atoms with Gasteiger partial charge in [0.15, 0.2) is 0 Å². The second-order valence-corrected chi connectivity index (χ2v) is 6.44. The molecule has 0 heterocycles. The Kier molecular flexibility index (Phi) is 5.90. The Morgan fingerprint density at radius 1 is 1.39 bits per heavy atom. The van der Waals surface area contributed by atoms with Gasteiger partial charge in [0.2, 0.25) is 0 Å². The van der Waals surface area contributed by atoms with Gasteiger partial charge in [0.25, 0.3) is 0 Å². The number of rotatable bonds is 5. The first-order chi connectivity index (χ1) is 8.08. The maximum Gasteiger partial charge on any atom is 0.0551 e. The summed E-state index contributed by atoms with van der Waals surface area (Å²) in [4.78, 5) is 2.37. The topological polar surface area (TPSA) is 3.24 Å². The highest BCUT2D eigenvalue weighted by atomic mass is 15.2. The van der Waals surface area contributed by atoms with E-state index in [1.165, 1.54) is 0 Å². The molecule has 0 N–H and O–H groups in total. The number of hydrogen-bond donors (Lipinski definition) is 0. The van der Waals surface area contributed by atoms with Gasteiger partial charge in [-0.05, 0) is 33.2 Å². The highest BCUT2D eigenvalue weighted by Crippen LogP contribution is 2.40. The molecule has 0 aromatic heterocycles. The van der Waals surface area contributed by atoms with Gasteiger partial charge in [-0.3, -0.25) is 4.90 Å². The van der Waals surface area contributed by atoms with E-state index in [-0.39, 0.29) is 11.0 Å². The fourth-order valence-electron chi connectivity index (χ4n) is 2.24. The maximum absolute atomic E-state index is 5.62. The van der Waals surface area contributed by atoms with E-state index >= 15 is 0 Å². The first-order valence-corrected chi connectivity index (χ1v) is 6.59. The van der Waals surface area contributed by atoms with Crippen LogP contribution in [0.15, 0.2) is 24.3 Å². The molecule has 0 spiro atoms. The van der Waals surface area contributed by atoms with Crippen molar-refractivity contribution in [2.75, 3.05) is 7.05 Å². The van der Waals surface area contributed by atoms with Gasteiger partial charge in [0.05, 0.1) is 5.54 Å². The van der Waals surface area contributed by atoms with Crippen molar-refractivity contribution in [2.24, 2.45) is 5.41 Å². The normalized spacial score (nSPS) is 16.0. The zero-order chi connectivity index (χ0) is 14.6. The summed E-state index contributed by atoms with van der Waals surface area (Å²) in [5, 5.41) is 0. The largest absolute Gasteiger partial charge is 0.293 e. The number of allylic oxidation sites excluding steroid dienone is 2. The molecule has 0 saturated heterocycles. The van der Waals surface area contributed by atoms with Crippen LogP contribution in [0.1, 0.15) is 48.0 Å². The first kappa shape index (κ1) is 17.0. The van der Waals surface area contributed by atoms with Crippen LogP contribution in [0.25, 0.3) is 0 Å². The van der Waals surface area contributed by atoms with Crippen molar-refractivity contribution in [3.63, 3.8) is 0 Å². The molecule has 0 radical (unpaired) electrons. The van der Waals surface area contributed by atoms with Crippen LogP contribution in [0.3, 0.4) is 0 Å². The Morgan fingerprint density at radius 3 is 2.17 bits per heavy atom. The minimum absolute atomic E-state index is 0.0599. The molecule has 0 aliphatic carbocycles. The third-order valence-corrected chi connectivity index (χ3v) is 3.72. The van der Waals surface area contributed by atoms with Gasteiger partial charge in [0.1, 0.15) is 0 Å². The summed E-state index contributed by atoms with van der Waals surface area (Å²) in [6, 6.07) is 0.437. The summed E-state index contributed by atoms with van der Waals surface area (Å²) < 4.78 is 0. The minimum Gasteiger partial charge on any atom is -0.293 e. The summed E-state index contributed by atoms with van der Waals surface area (Å²) >= 11 is 0. The van der Waals surface area contributed by atoms with Crippen molar-refractivity contribution in [1.29, 1.82) is 0 Å². The Labute approximate surface area is 114 Å². The fourth-order valence-corrected chi connectivity index (χ4v) is 2.24. The third-order valence-electron chi connectivity index (χ3n) is 3.72. The van der Waals surface area contributed by atoms with Crippen LogP contribution >= 0.6 is 0 Å². The number of nitrogens with zero attached hydrogens (tertiary/aromatic N) is 1. The predicted molar refractivity (Wildman–Crippen MR) is 82.5 cm³/mol. The van der Waals surface area contributed by atoms with Crippen LogP contribution in [0.4, 0.5) is 0 Å². The van der Waals surface area contributed by atoms with E-state index in [4.69, 9.17) is 6.42 Å². The van der Waals surface area contributed by atoms with Crippen molar-refractivity contribution in [3.05, 3.63) is 24.3 Å². The van der Waals surface area contributed by atoms with Crippen LogP contribution in [-0.4, -0.2) is 23.5 Å². The molecular weight excluding hydrogens is 218 g/mol. The second kappa shape index (κ2) is 6.25. The van der Waals surface area contributed by atoms with Gasteiger partial charge in [-0.25, -0.2) is 0 Å². The highest BCUT2D eigenvalue weighted by molar-refractivity contribution is 5.24. The van der Waals surface area contributed by atoms with Crippen molar-refractivity contribution in [2.45, 2.75) is 59.5 Å². The molecule has 0 fully saturated rings. The number of likely N-dealkylation sites (N-methyl/N-ethyl adjacent to an activating group) is 1. The van der Waals surface area contributed by atoms with E-state index < -0.39 is 0 Å². The fraction of sp³-hybridized carbons (Fsp3) is 0.647. The Bertz CT molecular complexity index is 349. The zero-order valence-electron chi connectivity index (χ0n) is 13.2. The molecule has 0 aliphatic heterocycles. The average Bonchev–Trinajstić information content (AvgIpc) is 2.21. The smallest absolute Gasteiger partial charge is 0.0551 e. The quantitative estimate of drug-likeness (QED) is 0.518. The lowest BCUT2D eigenvalue weighted by Gasteiger charge is -2.50. The molecule has 1 unspecified atom stereocenters. The molecule has 0 rings (SSSR count). The van der Waals surface area contributed by atoms with Crippen LogP contribution in [-0.2, 0) is 0 Å².